The van der Waals surface area contributed by atoms with Crippen molar-refractivity contribution >= 4 is 6.01 Å². The first-order valence-corrected chi connectivity index (χ1v) is 7.65. The number of rotatable bonds is 10. The Morgan fingerprint density at radius 3 is 2.58 bits per heavy atom. The number of hydrogen-bond donors (Lipinski definition) is 1. The van der Waals surface area contributed by atoms with Crippen LogP contribution >= 0.6 is 0 Å². The number of nitrogens with zero attached hydrogens (tertiary/aromatic N) is 2. The van der Waals surface area contributed by atoms with E-state index in [9.17, 15) is 0 Å². The minimum Gasteiger partial charge on any atom is -0.432 e. The molecule has 0 atom stereocenters. The van der Waals surface area contributed by atoms with Gasteiger partial charge >= 0.3 is 0 Å². The molecule has 0 fully saturated rings. The van der Waals surface area contributed by atoms with E-state index in [1.54, 1.807) is 6.26 Å². The summed E-state index contributed by atoms with van der Waals surface area (Å²) in [5.74, 6) is 0.716. The van der Waals surface area contributed by atoms with Crippen molar-refractivity contribution in [2.75, 3.05) is 24.5 Å². The standard InChI is InChI=1S/C15H29N3O/c1-5-9-16-10-14-12-19-15(17-14)18(8-4)11-13(6-2)7-3/h12-13,16H,5-11H2,1-4H3. The molecule has 0 unspecified atom stereocenters. The summed E-state index contributed by atoms with van der Waals surface area (Å²) >= 11 is 0. The molecule has 1 aromatic heterocycles. The predicted octanol–water partition coefficient (Wildman–Crippen LogP) is 3.44. The highest BCUT2D eigenvalue weighted by Crippen LogP contribution is 2.17. The van der Waals surface area contributed by atoms with Crippen LogP contribution in [0.4, 0.5) is 6.01 Å². The van der Waals surface area contributed by atoms with E-state index in [1.807, 2.05) is 0 Å². The maximum absolute atomic E-state index is 5.61. The van der Waals surface area contributed by atoms with E-state index in [0.717, 1.165) is 44.3 Å². The molecule has 1 heterocycles. The highest BCUT2D eigenvalue weighted by Gasteiger charge is 2.15. The van der Waals surface area contributed by atoms with Crippen molar-refractivity contribution < 1.29 is 4.42 Å². The van der Waals surface area contributed by atoms with Crippen molar-refractivity contribution in [2.24, 2.45) is 5.92 Å². The molecule has 0 saturated heterocycles. The van der Waals surface area contributed by atoms with E-state index in [0.29, 0.717) is 5.92 Å². The summed E-state index contributed by atoms with van der Waals surface area (Å²) < 4.78 is 5.61. The molecule has 4 nitrogen and oxygen atoms in total. The van der Waals surface area contributed by atoms with E-state index in [4.69, 9.17) is 4.42 Å². The second-order valence-electron chi connectivity index (χ2n) is 5.02. The summed E-state index contributed by atoms with van der Waals surface area (Å²) in [4.78, 5) is 6.81. The van der Waals surface area contributed by atoms with Crippen LogP contribution in [-0.2, 0) is 6.54 Å². The summed E-state index contributed by atoms with van der Waals surface area (Å²) in [5.41, 5.74) is 0.992. The lowest BCUT2D eigenvalue weighted by Gasteiger charge is -2.23. The zero-order valence-corrected chi connectivity index (χ0v) is 12.9. The molecule has 1 rings (SSSR count). The van der Waals surface area contributed by atoms with Gasteiger partial charge in [-0.1, -0.05) is 33.6 Å². The smallest absolute Gasteiger partial charge is 0.297 e. The van der Waals surface area contributed by atoms with Gasteiger partial charge in [0.05, 0.1) is 5.69 Å². The fraction of sp³-hybridized carbons (Fsp3) is 0.800. The number of aromatic nitrogens is 1. The molecule has 19 heavy (non-hydrogen) atoms. The Balaban J connectivity index is 2.55. The van der Waals surface area contributed by atoms with Crippen LogP contribution in [0.3, 0.4) is 0 Å². The second-order valence-corrected chi connectivity index (χ2v) is 5.02. The van der Waals surface area contributed by atoms with Gasteiger partial charge in [0, 0.05) is 19.6 Å². The van der Waals surface area contributed by atoms with Crippen LogP contribution in [-0.4, -0.2) is 24.6 Å². The van der Waals surface area contributed by atoms with Crippen molar-refractivity contribution in [3.63, 3.8) is 0 Å². The summed E-state index contributed by atoms with van der Waals surface area (Å²) in [7, 11) is 0. The van der Waals surface area contributed by atoms with Gasteiger partial charge < -0.3 is 14.6 Å². The Morgan fingerprint density at radius 2 is 2.00 bits per heavy atom. The number of anilines is 1. The molecule has 1 N–H and O–H groups in total. The van der Waals surface area contributed by atoms with Crippen LogP contribution < -0.4 is 10.2 Å². The number of hydrogen-bond acceptors (Lipinski definition) is 4. The minimum absolute atomic E-state index is 0.716. The first-order chi connectivity index (χ1) is 9.24. The van der Waals surface area contributed by atoms with Crippen LogP contribution in [0.2, 0.25) is 0 Å². The van der Waals surface area contributed by atoms with Gasteiger partial charge in [-0.15, -0.1) is 0 Å². The van der Waals surface area contributed by atoms with Crippen LogP contribution in [0.1, 0.15) is 52.7 Å². The molecule has 0 spiro atoms. The molecular weight excluding hydrogens is 238 g/mol. The molecule has 0 aliphatic rings. The first kappa shape index (κ1) is 16.0. The van der Waals surface area contributed by atoms with Crippen molar-refractivity contribution in [1.82, 2.24) is 10.3 Å². The number of nitrogens with one attached hydrogen (secondary N) is 1. The highest BCUT2D eigenvalue weighted by molar-refractivity contribution is 5.26. The van der Waals surface area contributed by atoms with Gasteiger partial charge in [0.15, 0.2) is 0 Å². The maximum Gasteiger partial charge on any atom is 0.297 e. The molecular formula is C15H29N3O. The molecule has 0 aromatic carbocycles. The topological polar surface area (TPSA) is 41.3 Å². The molecule has 0 amide bonds. The van der Waals surface area contributed by atoms with Crippen molar-refractivity contribution in [3.8, 4) is 0 Å². The third-order valence-corrected chi connectivity index (χ3v) is 3.56. The van der Waals surface area contributed by atoms with Gasteiger partial charge in [-0.3, -0.25) is 0 Å². The molecule has 0 aliphatic carbocycles. The van der Waals surface area contributed by atoms with Crippen molar-refractivity contribution in [3.05, 3.63) is 12.0 Å². The molecule has 4 heteroatoms. The van der Waals surface area contributed by atoms with E-state index in [2.05, 4.69) is 42.9 Å². The van der Waals surface area contributed by atoms with Crippen LogP contribution in [0.25, 0.3) is 0 Å². The van der Waals surface area contributed by atoms with E-state index in [-0.39, 0.29) is 0 Å². The third-order valence-electron chi connectivity index (χ3n) is 3.56. The normalized spacial score (nSPS) is 11.2. The summed E-state index contributed by atoms with van der Waals surface area (Å²) in [6.45, 7) is 12.6. The summed E-state index contributed by atoms with van der Waals surface area (Å²) in [5, 5.41) is 3.34. The highest BCUT2D eigenvalue weighted by atomic mass is 16.4. The van der Waals surface area contributed by atoms with Gasteiger partial charge in [0.2, 0.25) is 0 Å². The average Bonchev–Trinajstić information content (AvgIpc) is 2.89. The van der Waals surface area contributed by atoms with Crippen LogP contribution in [0.15, 0.2) is 10.7 Å². The fourth-order valence-corrected chi connectivity index (χ4v) is 2.12. The quantitative estimate of drug-likeness (QED) is 0.659. The molecule has 1 aromatic rings. The van der Waals surface area contributed by atoms with Crippen LogP contribution in [0.5, 0.6) is 0 Å². The van der Waals surface area contributed by atoms with Gasteiger partial charge in [-0.2, -0.15) is 4.98 Å². The molecule has 110 valence electrons. The lowest BCUT2D eigenvalue weighted by molar-refractivity contribution is 0.456. The molecule has 0 saturated carbocycles. The Hall–Kier alpha value is -1.03. The van der Waals surface area contributed by atoms with E-state index < -0.39 is 0 Å². The first-order valence-electron chi connectivity index (χ1n) is 7.65. The Labute approximate surface area is 117 Å². The molecule has 0 bridgehead atoms. The molecule has 0 aliphatic heterocycles. The van der Waals surface area contributed by atoms with Gasteiger partial charge in [-0.05, 0) is 25.8 Å². The van der Waals surface area contributed by atoms with E-state index >= 15 is 0 Å². The van der Waals surface area contributed by atoms with Gasteiger partial charge in [0.1, 0.15) is 6.26 Å². The second kappa shape index (κ2) is 8.97. The lowest BCUT2D eigenvalue weighted by Crippen LogP contribution is -2.29. The largest absolute Gasteiger partial charge is 0.432 e. The Morgan fingerprint density at radius 1 is 1.26 bits per heavy atom. The van der Waals surface area contributed by atoms with Crippen molar-refractivity contribution in [2.45, 2.75) is 53.5 Å². The third kappa shape index (κ3) is 5.23. The van der Waals surface area contributed by atoms with Gasteiger partial charge in [0.25, 0.3) is 6.01 Å². The Bertz CT molecular complexity index is 334. The fourth-order valence-electron chi connectivity index (χ4n) is 2.12. The summed E-state index contributed by atoms with van der Waals surface area (Å²) in [6, 6.07) is 0.766. The predicted molar refractivity (Wildman–Crippen MR) is 80.5 cm³/mol. The zero-order valence-electron chi connectivity index (χ0n) is 12.9. The van der Waals surface area contributed by atoms with E-state index in [1.165, 1.54) is 12.8 Å². The monoisotopic (exact) mass is 267 g/mol. The zero-order chi connectivity index (χ0) is 14.1. The Kier molecular flexibility index (Phi) is 7.56. The summed E-state index contributed by atoms with van der Waals surface area (Å²) in [6.07, 6.45) is 5.32. The van der Waals surface area contributed by atoms with Gasteiger partial charge in [-0.25, -0.2) is 0 Å². The van der Waals surface area contributed by atoms with Crippen molar-refractivity contribution in [1.29, 1.82) is 0 Å². The maximum atomic E-state index is 5.61. The van der Waals surface area contributed by atoms with Crippen LogP contribution in [0, 0.1) is 5.92 Å². The minimum atomic E-state index is 0.716. The average molecular weight is 267 g/mol. The molecule has 0 radical (unpaired) electrons. The SMILES string of the molecule is CCCNCc1coc(N(CC)CC(CC)CC)n1. The lowest BCUT2D eigenvalue weighted by atomic mass is 10.0. The number of oxazole rings is 1.